The molecule has 0 atom stereocenters. The molecule has 0 saturated carbocycles. The summed E-state index contributed by atoms with van der Waals surface area (Å²) < 4.78 is 0. The lowest BCUT2D eigenvalue weighted by Gasteiger charge is -2.11. The first-order valence-corrected chi connectivity index (χ1v) is 5.42. The van der Waals surface area contributed by atoms with Crippen molar-refractivity contribution in [2.45, 2.75) is 20.8 Å². The van der Waals surface area contributed by atoms with E-state index in [2.05, 4.69) is 39.0 Å². The highest BCUT2D eigenvalue weighted by Crippen LogP contribution is 2.18. The van der Waals surface area contributed by atoms with E-state index in [9.17, 15) is 0 Å². The third-order valence-electron chi connectivity index (χ3n) is 2.21. The van der Waals surface area contributed by atoms with Crippen LogP contribution in [0, 0.1) is 5.92 Å². The molecule has 0 bridgehead atoms. The quantitative estimate of drug-likeness (QED) is 0.376. The number of hydrazone groups is 1. The van der Waals surface area contributed by atoms with Gasteiger partial charge in [0.05, 0.1) is 0 Å². The van der Waals surface area contributed by atoms with Crippen LogP contribution in [0.5, 0.6) is 0 Å². The summed E-state index contributed by atoms with van der Waals surface area (Å²) in [7, 11) is 1.85. The van der Waals surface area contributed by atoms with Gasteiger partial charge in [0.15, 0.2) is 0 Å². The Kier molecular flexibility index (Phi) is 6.93. The van der Waals surface area contributed by atoms with Crippen molar-refractivity contribution in [1.82, 2.24) is 5.01 Å². The molecule has 2 nitrogen and oxygen atoms in total. The van der Waals surface area contributed by atoms with Gasteiger partial charge >= 0.3 is 0 Å². The Bertz CT molecular complexity index is 320. The minimum Gasteiger partial charge on any atom is -0.276 e. The second kappa shape index (κ2) is 7.69. The fourth-order valence-electron chi connectivity index (χ4n) is 1.32. The van der Waals surface area contributed by atoms with Gasteiger partial charge in [0.1, 0.15) is 0 Å². The fraction of sp³-hybridized carbons (Fsp3) is 0.357. The van der Waals surface area contributed by atoms with Crippen LogP contribution in [0.4, 0.5) is 0 Å². The second-order valence-corrected chi connectivity index (χ2v) is 3.88. The monoisotopic (exact) mass is 218 g/mol. The number of hydrogen-bond acceptors (Lipinski definition) is 2. The molecule has 0 rings (SSSR count). The van der Waals surface area contributed by atoms with Crippen LogP contribution in [0.1, 0.15) is 20.8 Å². The number of nitrogens with zero attached hydrogens (tertiary/aromatic N) is 2. The molecule has 0 fully saturated rings. The lowest BCUT2D eigenvalue weighted by Crippen LogP contribution is -2.01. The molecular weight excluding hydrogens is 196 g/mol. The molecule has 0 spiro atoms. The molecule has 0 radical (unpaired) electrons. The predicted molar refractivity (Wildman–Crippen MR) is 73.3 cm³/mol. The van der Waals surface area contributed by atoms with Crippen LogP contribution >= 0.6 is 0 Å². The maximum Gasteiger partial charge on any atom is 0.0477 e. The molecule has 0 N–H and O–H groups in total. The summed E-state index contributed by atoms with van der Waals surface area (Å²) in [4.78, 5) is 0. The van der Waals surface area contributed by atoms with E-state index in [1.54, 1.807) is 23.5 Å². The maximum absolute atomic E-state index is 4.17. The van der Waals surface area contributed by atoms with Crippen molar-refractivity contribution in [3.05, 3.63) is 48.7 Å². The molecule has 0 heterocycles. The van der Waals surface area contributed by atoms with Gasteiger partial charge in [-0.15, -0.1) is 0 Å². The van der Waals surface area contributed by atoms with Crippen LogP contribution in [0.25, 0.3) is 0 Å². The predicted octanol–water partition coefficient (Wildman–Crippen LogP) is 3.76. The number of rotatable bonds is 6. The largest absolute Gasteiger partial charge is 0.276 e. The third-order valence-corrected chi connectivity index (χ3v) is 2.21. The first-order chi connectivity index (χ1) is 7.52. The smallest absolute Gasteiger partial charge is 0.0477 e. The topological polar surface area (TPSA) is 15.6 Å². The highest BCUT2D eigenvalue weighted by molar-refractivity contribution is 5.73. The Labute approximate surface area is 99.4 Å². The van der Waals surface area contributed by atoms with E-state index in [4.69, 9.17) is 0 Å². The summed E-state index contributed by atoms with van der Waals surface area (Å²) in [5.74, 6) is 0.469. The van der Waals surface area contributed by atoms with Gasteiger partial charge in [-0.3, -0.25) is 5.01 Å². The average molecular weight is 218 g/mol. The molecule has 0 aliphatic heterocycles. The van der Waals surface area contributed by atoms with Crippen molar-refractivity contribution in [3.8, 4) is 0 Å². The van der Waals surface area contributed by atoms with E-state index in [-0.39, 0.29) is 0 Å². The summed E-state index contributed by atoms with van der Waals surface area (Å²) in [6, 6.07) is 0. The van der Waals surface area contributed by atoms with Gasteiger partial charge in [0.2, 0.25) is 0 Å². The lowest BCUT2D eigenvalue weighted by molar-refractivity contribution is 0.495. The van der Waals surface area contributed by atoms with Crippen molar-refractivity contribution in [2.75, 3.05) is 7.05 Å². The lowest BCUT2D eigenvalue weighted by atomic mass is 9.96. The Morgan fingerprint density at radius 3 is 2.31 bits per heavy atom. The summed E-state index contributed by atoms with van der Waals surface area (Å²) in [6.45, 7) is 13.7. The summed E-state index contributed by atoms with van der Waals surface area (Å²) in [5.41, 5.74) is 2.49. The van der Waals surface area contributed by atoms with Gasteiger partial charge < -0.3 is 0 Å². The minimum absolute atomic E-state index is 0.469. The molecule has 0 saturated heterocycles. The molecule has 0 aliphatic carbocycles. The van der Waals surface area contributed by atoms with E-state index >= 15 is 0 Å². The molecule has 88 valence electrons. The Morgan fingerprint density at radius 2 is 1.88 bits per heavy atom. The van der Waals surface area contributed by atoms with E-state index in [0.717, 1.165) is 0 Å². The molecule has 0 unspecified atom stereocenters. The van der Waals surface area contributed by atoms with Gasteiger partial charge in [-0.1, -0.05) is 39.2 Å². The normalized spacial score (nSPS) is 13.3. The average Bonchev–Trinajstić information content (AvgIpc) is 2.23. The van der Waals surface area contributed by atoms with Gasteiger partial charge in [-0.2, -0.15) is 5.10 Å². The van der Waals surface area contributed by atoms with E-state index in [1.807, 2.05) is 19.2 Å². The standard InChI is InChI=1S/C14H22N2/c1-7-9-13(5)14(12(3)4)10-11-15-16(6)8-2/h7-12H,1-2H2,3-6H3/b13-9+,14-10-,15-11-. The maximum atomic E-state index is 4.17. The molecular formula is C14H22N2. The van der Waals surface area contributed by atoms with Gasteiger partial charge in [-0.05, 0) is 30.1 Å². The van der Waals surface area contributed by atoms with Crippen molar-refractivity contribution >= 4 is 6.21 Å². The number of allylic oxidation sites excluding steroid dienone is 5. The van der Waals surface area contributed by atoms with Crippen molar-refractivity contribution in [3.63, 3.8) is 0 Å². The zero-order valence-corrected chi connectivity index (χ0v) is 10.8. The molecule has 0 aromatic carbocycles. The zero-order chi connectivity index (χ0) is 12.6. The highest BCUT2D eigenvalue weighted by Gasteiger charge is 2.03. The van der Waals surface area contributed by atoms with Gasteiger partial charge in [-0.25, -0.2) is 0 Å². The highest BCUT2D eigenvalue weighted by atomic mass is 15.4. The van der Waals surface area contributed by atoms with Crippen LogP contribution in [0.3, 0.4) is 0 Å². The molecule has 2 heteroatoms. The SMILES string of the molecule is C=C/C=C(C)/C(=C\C=N/N(C)C=C)C(C)C. The van der Waals surface area contributed by atoms with E-state index < -0.39 is 0 Å². The first kappa shape index (κ1) is 14.4. The Balaban J connectivity index is 4.86. The first-order valence-electron chi connectivity index (χ1n) is 5.42. The fourth-order valence-corrected chi connectivity index (χ4v) is 1.32. The molecule has 16 heavy (non-hydrogen) atoms. The van der Waals surface area contributed by atoms with E-state index in [0.29, 0.717) is 5.92 Å². The summed E-state index contributed by atoms with van der Waals surface area (Å²) in [5, 5.41) is 5.84. The van der Waals surface area contributed by atoms with Gasteiger partial charge in [0.25, 0.3) is 0 Å². The number of hydrogen-bond donors (Lipinski definition) is 0. The van der Waals surface area contributed by atoms with Crippen LogP contribution in [0.15, 0.2) is 53.8 Å². The van der Waals surface area contributed by atoms with Gasteiger partial charge in [0, 0.05) is 19.5 Å². The third kappa shape index (κ3) is 5.35. The Morgan fingerprint density at radius 1 is 1.25 bits per heavy atom. The Hall–Kier alpha value is -1.57. The van der Waals surface area contributed by atoms with Crippen molar-refractivity contribution in [1.29, 1.82) is 0 Å². The van der Waals surface area contributed by atoms with Crippen LogP contribution in [-0.2, 0) is 0 Å². The summed E-state index contributed by atoms with van der Waals surface area (Å²) in [6.07, 6.45) is 9.29. The molecule has 0 aromatic rings. The molecule has 0 amide bonds. The second-order valence-electron chi connectivity index (χ2n) is 3.88. The van der Waals surface area contributed by atoms with Crippen molar-refractivity contribution in [2.24, 2.45) is 11.0 Å². The molecule has 0 aliphatic rings. The summed E-state index contributed by atoms with van der Waals surface area (Å²) >= 11 is 0. The minimum atomic E-state index is 0.469. The van der Waals surface area contributed by atoms with E-state index in [1.165, 1.54) is 11.1 Å². The van der Waals surface area contributed by atoms with Crippen LogP contribution in [-0.4, -0.2) is 18.3 Å². The van der Waals surface area contributed by atoms with Crippen LogP contribution < -0.4 is 0 Å². The van der Waals surface area contributed by atoms with Crippen molar-refractivity contribution < 1.29 is 0 Å². The molecule has 0 aromatic heterocycles. The zero-order valence-electron chi connectivity index (χ0n) is 10.8. The van der Waals surface area contributed by atoms with Crippen LogP contribution in [0.2, 0.25) is 0 Å².